The first kappa shape index (κ1) is 29.3. The van der Waals surface area contributed by atoms with E-state index in [-0.39, 0.29) is 56.7 Å². The van der Waals surface area contributed by atoms with E-state index >= 15 is 8.78 Å². The summed E-state index contributed by atoms with van der Waals surface area (Å²) in [5.41, 5.74) is -6.73. The molecule has 0 unspecified atom stereocenters. The largest absolute Gasteiger partial charge is 0.532 e. The molecule has 0 radical (unpaired) electrons. The first-order chi connectivity index (χ1) is 18.0. The van der Waals surface area contributed by atoms with E-state index in [4.69, 9.17) is 23.0 Å². The van der Waals surface area contributed by atoms with Gasteiger partial charge in [0.1, 0.15) is 17.9 Å². The Morgan fingerprint density at radius 3 is 2.41 bits per heavy atom. The molecule has 1 heterocycles. The molecular formula is C27H39F2O9P. The molecule has 0 aromatic carbocycles. The van der Waals surface area contributed by atoms with E-state index in [2.05, 4.69) is 0 Å². The first-order valence-corrected chi connectivity index (χ1v) is 15.3. The number of rotatable bonds is 6. The fraction of sp³-hybridized carbons (Fsp3) is 0.852. The maximum Gasteiger partial charge on any atom is 0.532 e. The molecular weight excluding hydrogens is 537 g/mol. The van der Waals surface area contributed by atoms with Crippen molar-refractivity contribution in [3.8, 4) is 0 Å². The molecule has 5 rings (SSSR count). The second-order valence-corrected chi connectivity index (χ2v) is 14.1. The van der Waals surface area contributed by atoms with Gasteiger partial charge in [0, 0.05) is 23.2 Å². The van der Waals surface area contributed by atoms with Crippen molar-refractivity contribution in [1.82, 2.24) is 0 Å². The monoisotopic (exact) mass is 576 g/mol. The van der Waals surface area contributed by atoms with Crippen LogP contribution in [0.2, 0.25) is 0 Å². The standard InChI is InChI=1S/C27H39F2O9P/c1-7-34-39(33,35-8-2)37-22(32)27-21(36-23(3,4)38-27)13-16-17-12-19(28)18-11-15(30)9-10-24(18,5)26(17,29)20(31)14-25(16,27)6/h11,16-17,19-21,31H,7-10,12-14H2,1-6H3/t16-,17-,19-,20-,21+,24-,25-,26-,27-/m0/s1. The van der Waals surface area contributed by atoms with Gasteiger partial charge in [-0.15, -0.1) is 0 Å². The van der Waals surface area contributed by atoms with Gasteiger partial charge in [-0.25, -0.2) is 18.1 Å². The average molecular weight is 577 g/mol. The van der Waals surface area contributed by atoms with Crippen LogP contribution in [0.4, 0.5) is 8.78 Å². The summed E-state index contributed by atoms with van der Waals surface area (Å²) in [6, 6.07) is 0. The van der Waals surface area contributed by atoms with E-state index in [9.17, 15) is 19.3 Å². The number of allylic oxidation sites excluding steroid dienone is 1. The fourth-order valence-electron chi connectivity index (χ4n) is 8.58. The Balaban J connectivity index is 1.60. The summed E-state index contributed by atoms with van der Waals surface area (Å²) < 4.78 is 74.8. The number of fused-ring (bicyclic) bond motifs is 7. The molecule has 1 saturated heterocycles. The van der Waals surface area contributed by atoms with Crippen molar-refractivity contribution in [1.29, 1.82) is 0 Å². The number of aliphatic hydroxyl groups excluding tert-OH is 1. The Kier molecular flexibility index (Phi) is 6.85. The Morgan fingerprint density at radius 1 is 1.15 bits per heavy atom. The molecule has 9 nitrogen and oxygen atoms in total. The maximum atomic E-state index is 17.5. The summed E-state index contributed by atoms with van der Waals surface area (Å²) in [6.45, 7) is 9.57. The van der Waals surface area contributed by atoms with E-state index in [1.54, 1.807) is 41.5 Å². The maximum absolute atomic E-state index is 17.5. The predicted octanol–water partition coefficient (Wildman–Crippen LogP) is 4.75. The molecule has 0 spiro atoms. The highest BCUT2D eigenvalue weighted by Gasteiger charge is 2.82. The summed E-state index contributed by atoms with van der Waals surface area (Å²) in [7, 11) is -4.33. The number of ether oxygens (including phenoxy) is 2. The number of phosphoric acid groups is 1. The Labute approximate surface area is 227 Å². The van der Waals surface area contributed by atoms with Gasteiger partial charge in [0.15, 0.2) is 11.6 Å². The third kappa shape index (κ3) is 3.83. The van der Waals surface area contributed by atoms with Gasteiger partial charge in [-0.2, -0.15) is 0 Å². The predicted molar refractivity (Wildman–Crippen MR) is 134 cm³/mol. The van der Waals surface area contributed by atoms with E-state index in [1.807, 2.05) is 0 Å². The van der Waals surface area contributed by atoms with Crippen LogP contribution in [-0.4, -0.2) is 65.5 Å². The van der Waals surface area contributed by atoms with Gasteiger partial charge >= 0.3 is 13.8 Å². The third-order valence-corrected chi connectivity index (χ3v) is 11.6. The molecule has 9 atom stereocenters. The molecule has 3 saturated carbocycles. The Morgan fingerprint density at radius 2 is 1.79 bits per heavy atom. The highest BCUT2D eigenvalue weighted by Crippen LogP contribution is 2.73. The molecule has 4 aliphatic carbocycles. The van der Waals surface area contributed by atoms with Crippen molar-refractivity contribution >= 4 is 19.6 Å². The van der Waals surface area contributed by atoms with Crippen LogP contribution >= 0.6 is 7.82 Å². The zero-order valence-electron chi connectivity index (χ0n) is 23.3. The lowest BCUT2D eigenvalue weighted by molar-refractivity contribution is -0.258. The summed E-state index contributed by atoms with van der Waals surface area (Å²) >= 11 is 0. The minimum absolute atomic E-state index is 0.0519. The highest BCUT2D eigenvalue weighted by molar-refractivity contribution is 7.49. The molecule has 4 fully saturated rings. The first-order valence-electron chi connectivity index (χ1n) is 13.8. The Bertz CT molecular complexity index is 1130. The van der Waals surface area contributed by atoms with E-state index < -0.39 is 71.9 Å². The highest BCUT2D eigenvalue weighted by atomic mass is 31.2. The van der Waals surface area contributed by atoms with Gasteiger partial charge < -0.3 is 19.1 Å². The zero-order valence-corrected chi connectivity index (χ0v) is 24.2. The molecule has 0 aromatic rings. The number of hydrogen-bond acceptors (Lipinski definition) is 9. The summed E-state index contributed by atoms with van der Waals surface area (Å²) in [4.78, 5) is 26.2. The molecule has 1 N–H and O–H groups in total. The van der Waals surface area contributed by atoms with Crippen LogP contribution in [0.25, 0.3) is 0 Å². The number of carbonyl (C=O) groups is 2. The molecule has 1 aliphatic heterocycles. The molecule has 0 bridgehead atoms. The van der Waals surface area contributed by atoms with Crippen LogP contribution in [0.1, 0.15) is 73.6 Å². The van der Waals surface area contributed by atoms with Crippen molar-refractivity contribution in [2.24, 2.45) is 22.7 Å². The summed E-state index contributed by atoms with van der Waals surface area (Å²) in [6.07, 6.45) is -3.15. The lowest BCUT2D eigenvalue weighted by atomic mass is 9.43. The molecule has 39 heavy (non-hydrogen) atoms. The van der Waals surface area contributed by atoms with Crippen molar-refractivity contribution in [3.63, 3.8) is 0 Å². The normalized spacial score (nSPS) is 46.5. The number of hydrogen-bond donors (Lipinski definition) is 1. The second-order valence-electron chi connectivity index (χ2n) is 12.5. The number of carbonyl (C=O) groups excluding carboxylic acids is 2. The van der Waals surface area contributed by atoms with Crippen LogP contribution < -0.4 is 0 Å². The van der Waals surface area contributed by atoms with Crippen LogP contribution in [0.15, 0.2) is 11.6 Å². The Hall–Kier alpha value is -1.23. The molecule has 220 valence electrons. The van der Waals surface area contributed by atoms with E-state index in [0.29, 0.717) is 0 Å². The lowest BCUT2D eigenvalue weighted by Crippen LogP contribution is -2.71. The van der Waals surface area contributed by atoms with Gasteiger partial charge in [0.2, 0.25) is 5.60 Å². The minimum Gasteiger partial charge on any atom is -0.390 e. The van der Waals surface area contributed by atoms with Crippen LogP contribution in [0.3, 0.4) is 0 Å². The van der Waals surface area contributed by atoms with Gasteiger partial charge in [0.05, 0.1) is 19.3 Å². The zero-order chi connectivity index (χ0) is 28.8. The molecule has 12 heteroatoms. The van der Waals surface area contributed by atoms with Crippen molar-refractivity contribution in [3.05, 3.63) is 11.6 Å². The number of aliphatic hydroxyl groups is 1. The summed E-state index contributed by atoms with van der Waals surface area (Å²) in [5.74, 6) is -4.22. The molecule has 0 amide bonds. The topological polar surface area (TPSA) is 118 Å². The second kappa shape index (κ2) is 9.13. The van der Waals surface area contributed by atoms with E-state index in [1.165, 1.54) is 6.08 Å². The van der Waals surface area contributed by atoms with Crippen molar-refractivity contribution < 1.29 is 51.1 Å². The molecule has 0 aromatic heterocycles. The number of phosphoric ester groups is 1. The third-order valence-electron chi connectivity index (χ3n) is 10.1. The number of halogens is 2. The summed E-state index contributed by atoms with van der Waals surface area (Å²) in [5, 5.41) is 11.6. The fourth-order valence-corrected chi connectivity index (χ4v) is 9.74. The van der Waals surface area contributed by atoms with Crippen LogP contribution in [0.5, 0.6) is 0 Å². The van der Waals surface area contributed by atoms with Gasteiger partial charge in [-0.1, -0.05) is 13.8 Å². The van der Waals surface area contributed by atoms with Gasteiger partial charge in [-0.05, 0) is 70.9 Å². The van der Waals surface area contributed by atoms with Crippen LogP contribution in [0, 0.1) is 22.7 Å². The quantitative estimate of drug-likeness (QED) is 0.447. The molecule has 5 aliphatic rings. The number of ketones is 1. The number of alkyl halides is 2. The SMILES string of the molecule is CCOP(=O)(OCC)OC(=O)[C@@]12OC(C)(C)O[C@@H]1C[C@H]1[C@@H]3C[C@H](F)C4=CC(=O)CC[C@]4(C)[C@@]3(F)[C@@H](O)C[C@@]12C. The van der Waals surface area contributed by atoms with Gasteiger partial charge in [0.25, 0.3) is 0 Å². The lowest BCUT2D eigenvalue weighted by Gasteiger charge is -2.63. The van der Waals surface area contributed by atoms with E-state index in [0.717, 1.165) is 0 Å². The smallest absolute Gasteiger partial charge is 0.390 e. The average Bonchev–Trinajstić information content (AvgIpc) is 3.23. The van der Waals surface area contributed by atoms with Crippen LogP contribution in [-0.2, 0) is 37.2 Å². The van der Waals surface area contributed by atoms with Crippen molar-refractivity contribution in [2.75, 3.05) is 13.2 Å². The van der Waals surface area contributed by atoms with Gasteiger partial charge in [-0.3, -0.25) is 13.8 Å². The van der Waals surface area contributed by atoms with Crippen molar-refractivity contribution in [2.45, 2.75) is 109 Å². The minimum atomic E-state index is -4.33.